The maximum Gasteiger partial charge on any atom is 0.255 e. The molecule has 0 saturated heterocycles. The van der Waals surface area contributed by atoms with E-state index >= 15 is 0 Å². The predicted molar refractivity (Wildman–Crippen MR) is 90.3 cm³/mol. The molecule has 1 heterocycles. The van der Waals surface area contributed by atoms with E-state index in [1.807, 2.05) is 51.1 Å². The van der Waals surface area contributed by atoms with E-state index in [0.717, 1.165) is 20.5 Å². The fourth-order valence-electron chi connectivity index (χ4n) is 2.04. The summed E-state index contributed by atoms with van der Waals surface area (Å²) in [6.45, 7) is 6.37. The Hall–Kier alpha value is -1.07. The number of furan rings is 1. The van der Waals surface area contributed by atoms with Crippen molar-refractivity contribution < 1.29 is 9.21 Å². The minimum atomic E-state index is -0.0153. The molecule has 21 heavy (non-hydrogen) atoms. The van der Waals surface area contributed by atoms with Gasteiger partial charge in [0.2, 0.25) is 0 Å². The summed E-state index contributed by atoms with van der Waals surface area (Å²) < 4.78 is 7.30. The second-order valence-corrected chi connectivity index (χ2v) is 6.93. The van der Waals surface area contributed by atoms with Crippen molar-refractivity contribution in [2.75, 3.05) is 0 Å². The third-order valence-corrected chi connectivity index (χ3v) is 4.32. The number of benzene rings is 1. The van der Waals surface area contributed by atoms with Crippen molar-refractivity contribution in [3.05, 3.63) is 56.4 Å². The molecule has 0 atom stereocenters. The Morgan fingerprint density at radius 2 is 1.95 bits per heavy atom. The Kier molecular flexibility index (Phi) is 5.27. The second kappa shape index (κ2) is 6.79. The Balaban J connectivity index is 2.27. The van der Waals surface area contributed by atoms with E-state index in [2.05, 4.69) is 31.9 Å². The first-order chi connectivity index (χ1) is 9.88. The van der Waals surface area contributed by atoms with Gasteiger partial charge in [-0.05, 0) is 67.0 Å². The fraction of sp³-hybridized carbons (Fsp3) is 0.312. The zero-order valence-electron chi connectivity index (χ0n) is 12.2. The van der Waals surface area contributed by atoms with E-state index in [4.69, 9.17) is 4.42 Å². The smallest absolute Gasteiger partial charge is 0.255 e. The van der Waals surface area contributed by atoms with Gasteiger partial charge in [0, 0.05) is 15.0 Å². The molecule has 0 saturated carbocycles. The molecule has 1 aromatic heterocycles. The Morgan fingerprint density at radius 1 is 1.24 bits per heavy atom. The van der Waals surface area contributed by atoms with Crippen molar-refractivity contribution >= 4 is 37.8 Å². The molecule has 0 aliphatic rings. The van der Waals surface area contributed by atoms with Gasteiger partial charge in [0.1, 0.15) is 11.5 Å². The Labute approximate surface area is 141 Å². The monoisotopic (exact) mass is 413 g/mol. The van der Waals surface area contributed by atoms with Crippen molar-refractivity contribution in [1.82, 2.24) is 4.90 Å². The van der Waals surface area contributed by atoms with Gasteiger partial charge in [-0.15, -0.1) is 0 Å². The largest absolute Gasteiger partial charge is 0.464 e. The number of aryl methyl sites for hydroxylation is 1. The van der Waals surface area contributed by atoms with Crippen LogP contribution in [0.2, 0.25) is 0 Å². The van der Waals surface area contributed by atoms with Gasteiger partial charge >= 0.3 is 0 Å². The van der Waals surface area contributed by atoms with Gasteiger partial charge in [0.15, 0.2) is 0 Å². The van der Waals surface area contributed by atoms with Crippen LogP contribution in [0.5, 0.6) is 0 Å². The average molecular weight is 415 g/mol. The second-order valence-electron chi connectivity index (χ2n) is 5.16. The van der Waals surface area contributed by atoms with E-state index in [9.17, 15) is 4.79 Å². The molecule has 0 fully saturated rings. The normalized spacial score (nSPS) is 11.0. The molecule has 0 unspecified atom stereocenters. The van der Waals surface area contributed by atoms with E-state index < -0.39 is 0 Å². The minimum absolute atomic E-state index is 0.0153. The number of carbonyl (C=O) groups is 1. The highest BCUT2D eigenvalue weighted by Gasteiger charge is 2.22. The van der Waals surface area contributed by atoms with Gasteiger partial charge in [-0.3, -0.25) is 4.79 Å². The minimum Gasteiger partial charge on any atom is -0.464 e. The molecule has 0 aliphatic heterocycles. The van der Waals surface area contributed by atoms with Crippen molar-refractivity contribution in [2.45, 2.75) is 33.4 Å². The summed E-state index contributed by atoms with van der Waals surface area (Å²) in [5.74, 6) is 1.63. The highest BCUT2D eigenvalue weighted by atomic mass is 79.9. The van der Waals surface area contributed by atoms with E-state index in [-0.39, 0.29) is 11.9 Å². The lowest BCUT2D eigenvalue weighted by Gasteiger charge is -2.26. The molecular weight excluding hydrogens is 398 g/mol. The number of nitrogens with zero attached hydrogens (tertiary/aromatic N) is 1. The molecule has 2 rings (SSSR count). The van der Waals surface area contributed by atoms with Crippen LogP contribution in [0.3, 0.4) is 0 Å². The lowest BCUT2D eigenvalue weighted by molar-refractivity contribution is 0.0674. The van der Waals surface area contributed by atoms with Gasteiger partial charge in [0.05, 0.1) is 12.1 Å². The molecular formula is C16H17Br2NO2. The molecule has 3 nitrogen and oxygen atoms in total. The summed E-state index contributed by atoms with van der Waals surface area (Å²) in [5, 5.41) is 0. The van der Waals surface area contributed by atoms with Crippen LogP contribution in [0.25, 0.3) is 0 Å². The molecule has 2 aromatic rings. The van der Waals surface area contributed by atoms with Crippen LogP contribution in [0.4, 0.5) is 0 Å². The number of halogens is 2. The summed E-state index contributed by atoms with van der Waals surface area (Å²) in [6.07, 6.45) is 0. The maximum absolute atomic E-state index is 12.8. The van der Waals surface area contributed by atoms with Gasteiger partial charge in [-0.25, -0.2) is 0 Å². The summed E-state index contributed by atoms with van der Waals surface area (Å²) in [6, 6.07) is 9.47. The summed E-state index contributed by atoms with van der Waals surface area (Å²) in [7, 11) is 0. The highest BCUT2D eigenvalue weighted by Crippen LogP contribution is 2.24. The van der Waals surface area contributed by atoms with Crippen molar-refractivity contribution in [3.8, 4) is 0 Å². The third-order valence-electron chi connectivity index (χ3n) is 3.17. The SMILES string of the molecule is Cc1ccc(CN(C(=O)c2ccc(Br)cc2Br)C(C)C)o1. The Morgan fingerprint density at radius 3 is 2.48 bits per heavy atom. The van der Waals surface area contributed by atoms with E-state index in [1.165, 1.54) is 0 Å². The van der Waals surface area contributed by atoms with Gasteiger partial charge in [0.25, 0.3) is 5.91 Å². The standard InChI is InChI=1S/C16H17Br2NO2/c1-10(2)19(9-13-6-4-11(3)21-13)16(20)14-7-5-12(17)8-15(14)18/h4-8,10H,9H2,1-3H3. The lowest BCUT2D eigenvalue weighted by atomic mass is 10.1. The van der Waals surface area contributed by atoms with Gasteiger partial charge in [-0.1, -0.05) is 15.9 Å². The molecule has 5 heteroatoms. The van der Waals surface area contributed by atoms with Crippen LogP contribution >= 0.6 is 31.9 Å². The first kappa shape index (κ1) is 16.3. The van der Waals surface area contributed by atoms with Crippen LogP contribution in [0, 0.1) is 6.92 Å². The van der Waals surface area contributed by atoms with Crippen LogP contribution in [0.15, 0.2) is 43.7 Å². The summed E-state index contributed by atoms with van der Waals surface area (Å²) >= 11 is 6.85. The quantitative estimate of drug-likeness (QED) is 0.691. The number of hydrogen-bond donors (Lipinski definition) is 0. The third kappa shape index (κ3) is 3.98. The zero-order chi connectivity index (χ0) is 15.6. The topological polar surface area (TPSA) is 33.5 Å². The van der Waals surface area contributed by atoms with Crippen LogP contribution in [-0.2, 0) is 6.54 Å². The van der Waals surface area contributed by atoms with Crippen molar-refractivity contribution in [2.24, 2.45) is 0 Å². The maximum atomic E-state index is 12.8. The van der Waals surface area contributed by atoms with Gasteiger partial charge in [-0.2, -0.15) is 0 Å². The van der Waals surface area contributed by atoms with Crippen LogP contribution in [-0.4, -0.2) is 16.8 Å². The molecule has 1 aromatic carbocycles. The number of amides is 1. The molecule has 0 spiro atoms. The van der Waals surface area contributed by atoms with E-state index in [0.29, 0.717) is 12.1 Å². The number of carbonyl (C=O) groups excluding carboxylic acids is 1. The molecule has 0 N–H and O–H groups in total. The van der Waals surface area contributed by atoms with Crippen molar-refractivity contribution in [3.63, 3.8) is 0 Å². The molecule has 0 aliphatic carbocycles. The number of hydrogen-bond acceptors (Lipinski definition) is 2. The molecule has 1 amide bonds. The van der Waals surface area contributed by atoms with Crippen LogP contribution in [0.1, 0.15) is 35.7 Å². The fourth-order valence-corrected chi connectivity index (χ4v) is 3.26. The Bertz CT molecular complexity index is 649. The molecule has 0 bridgehead atoms. The average Bonchev–Trinajstić information content (AvgIpc) is 2.80. The summed E-state index contributed by atoms with van der Waals surface area (Å²) in [5.41, 5.74) is 0.648. The first-order valence-electron chi connectivity index (χ1n) is 6.70. The predicted octanol–water partition coefficient (Wildman–Crippen LogP) is 5.16. The summed E-state index contributed by atoms with van der Waals surface area (Å²) in [4.78, 5) is 14.6. The van der Waals surface area contributed by atoms with Gasteiger partial charge < -0.3 is 9.32 Å². The molecule has 112 valence electrons. The lowest BCUT2D eigenvalue weighted by Crippen LogP contribution is -2.36. The van der Waals surface area contributed by atoms with Crippen molar-refractivity contribution in [1.29, 1.82) is 0 Å². The number of rotatable bonds is 4. The molecule has 0 radical (unpaired) electrons. The first-order valence-corrected chi connectivity index (χ1v) is 8.28. The van der Waals surface area contributed by atoms with Crippen LogP contribution < -0.4 is 0 Å². The van der Waals surface area contributed by atoms with E-state index in [1.54, 1.807) is 4.90 Å². The zero-order valence-corrected chi connectivity index (χ0v) is 15.4. The highest BCUT2D eigenvalue weighted by molar-refractivity contribution is 9.11.